The monoisotopic (exact) mass is 254 g/mol. The molecule has 5 heteroatoms. The third-order valence-electron chi connectivity index (χ3n) is 3.28. The predicted molar refractivity (Wildman–Crippen MR) is 67.1 cm³/mol. The van der Waals surface area contributed by atoms with Crippen LogP contribution in [0.3, 0.4) is 0 Å². The molecule has 0 unspecified atom stereocenters. The number of aliphatic hydroxyl groups is 1. The molecule has 1 aliphatic carbocycles. The molecule has 2 N–H and O–H groups in total. The van der Waals surface area contributed by atoms with Gasteiger partial charge in [-0.3, -0.25) is 4.79 Å². The van der Waals surface area contributed by atoms with Crippen LogP contribution in [0.5, 0.6) is 0 Å². The van der Waals surface area contributed by atoms with Crippen LogP contribution in [-0.4, -0.2) is 28.1 Å². The number of rotatable bonds is 3. The molecule has 0 atom stereocenters. The van der Waals surface area contributed by atoms with Crippen molar-refractivity contribution in [3.8, 4) is 0 Å². The van der Waals surface area contributed by atoms with Crippen LogP contribution in [0.2, 0.25) is 0 Å². The van der Waals surface area contributed by atoms with Crippen LogP contribution in [0, 0.1) is 0 Å². The number of thiazole rings is 1. The van der Waals surface area contributed by atoms with Crippen molar-refractivity contribution in [1.82, 2.24) is 10.3 Å². The maximum atomic E-state index is 11.7. The quantitative estimate of drug-likeness (QED) is 0.811. The molecule has 4 nitrogen and oxygen atoms in total. The summed E-state index contributed by atoms with van der Waals surface area (Å²) in [7, 11) is 0. The van der Waals surface area contributed by atoms with Gasteiger partial charge in [0.15, 0.2) is 0 Å². The highest BCUT2D eigenvalue weighted by molar-refractivity contribution is 7.07. The van der Waals surface area contributed by atoms with Crippen molar-refractivity contribution in [3.63, 3.8) is 0 Å². The summed E-state index contributed by atoms with van der Waals surface area (Å²) in [5.74, 6) is -0.191. The first-order valence-electron chi connectivity index (χ1n) is 6.08. The Hall–Kier alpha value is -0.940. The number of hydrogen-bond donors (Lipinski definition) is 2. The van der Waals surface area contributed by atoms with Gasteiger partial charge in [-0.15, -0.1) is 11.3 Å². The Morgan fingerprint density at radius 2 is 2.12 bits per heavy atom. The van der Waals surface area contributed by atoms with E-state index in [1.165, 1.54) is 24.2 Å². The lowest BCUT2D eigenvalue weighted by Gasteiger charge is -2.26. The van der Waals surface area contributed by atoms with Crippen molar-refractivity contribution in [3.05, 3.63) is 16.6 Å². The highest BCUT2D eigenvalue weighted by Gasteiger charge is 2.28. The first kappa shape index (κ1) is 12.5. The largest absolute Gasteiger partial charge is 0.388 e. The third kappa shape index (κ3) is 3.51. The van der Waals surface area contributed by atoms with E-state index in [-0.39, 0.29) is 5.91 Å². The van der Waals surface area contributed by atoms with Gasteiger partial charge in [0.1, 0.15) is 5.69 Å². The molecule has 94 valence electrons. The van der Waals surface area contributed by atoms with Crippen LogP contribution >= 0.6 is 11.3 Å². The van der Waals surface area contributed by atoms with Gasteiger partial charge in [0.05, 0.1) is 11.1 Å². The summed E-state index contributed by atoms with van der Waals surface area (Å²) in [5.41, 5.74) is 1.35. The van der Waals surface area contributed by atoms with Gasteiger partial charge < -0.3 is 10.4 Å². The van der Waals surface area contributed by atoms with Crippen LogP contribution in [0.25, 0.3) is 0 Å². The lowest BCUT2D eigenvalue weighted by Crippen LogP contribution is -2.42. The fraction of sp³-hybridized carbons (Fsp3) is 0.667. The first-order valence-corrected chi connectivity index (χ1v) is 7.03. The number of aromatic nitrogens is 1. The SMILES string of the molecule is O=C(NCC1(O)CCCCCC1)c1cscn1. The molecule has 0 aromatic carbocycles. The molecule has 1 aromatic rings. The van der Waals surface area contributed by atoms with Crippen LogP contribution in [0.15, 0.2) is 10.9 Å². The van der Waals surface area contributed by atoms with Crippen molar-refractivity contribution in [2.75, 3.05) is 6.54 Å². The Morgan fingerprint density at radius 1 is 1.41 bits per heavy atom. The molecule has 0 spiro atoms. The third-order valence-corrected chi connectivity index (χ3v) is 3.86. The zero-order valence-electron chi connectivity index (χ0n) is 9.82. The molecule has 0 aliphatic heterocycles. The molecule has 0 bridgehead atoms. The van der Waals surface area contributed by atoms with Gasteiger partial charge in [-0.05, 0) is 12.8 Å². The summed E-state index contributed by atoms with van der Waals surface area (Å²) in [5, 5.41) is 14.9. The van der Waals surface area contributed by atoms with Gasteiger partial charge in [-0.2, -0.15) is 0 Å². The van der Waals surface area contributed by atoms with Crippen molar-refractivity contribution in [2.45, 2.75) is 44.1 Å². The standard InChI is InChI=1S/C12H18N2O2S/c15-11(10-7-17-9-14-10)13-8-12(16)5-3-1-2-4-6-12/h7,9,16H,1-6,8H2,(H,13,15). The lowest BCUT2D eigenvalue weighted by atomic mass is 9.94. The minimum atomic E-state index is -0.720. The Bertz CT molecular complexity index is 357. The van der Waals surface area contributed by atoms with E-state index < -0.39 is 5.60 Å². The molecule has 17 heavy (non-hydrogen) atoms. The van der Waals surface area contributed by atoms with Gasteiger partial charge in [0, 0.05) is 11.9 Å². The van der Waals surface area contributed by atoms with Gasteiger partial charge in [0.2, 0.25) is 0 Å². The zero-order chi connectivity index (χ0) is 12.1. The zero-order valence-corrected chi connectivity index (χ0v) is 10.6. The van der Waals surface area contributed by atoms with E-state index in [0.717, 1.165) is 25.7 Å². The second-order valence-corrected chi connectivity index (χ2v) is 5.41. The van der Waals surface area contributed by atoms with E-state index in [4.69, 9.17) is 0 Å². The second-order valence-electron chi connectivity index (χ2n) is 4.69. The van der Waals surface area contributed by atoms with Gasteiger partial charge >= 0.3 is 0 Å². The first-order chi connectivity index (χ1) is 8.20. The fourth-order valence-electron chi connectivity index (χ4n) is 2.22. The Morgan fingerprint density at radius 3 is 2.71 bits per heavy atom. The van der Waals surface area contributed by atoms with Crippen LogP contribution in [-0.2, 0) is 0 Å². The summed E-state index contributed by atoms with van der Waals surface area (Å²) in [6, 6.07) is 0. The maximum absolute atomic E-state index is 11.7. The molecule has 0 radical (unpaired) electrons. The van der Waals surface area contributed by atoms with Gasteiger partial charge in [-0.25, -0.2) is 4.98 Å². The van der Waals surface area contributed by atoms with Crippen LogP contribution in [0.1, 0.15) is 49.0 Å². The molecule has 1 saturated carbocycles. The number of amides is 1. The molecule has 0 saturated heterocycles. The molecule has 2 rings (SSSR count). The van der Waals surface area contributed by atoms with E-state index in [0.29, 0.717) is 12.2 Å². The number of nitrogens with zero attached hydrogens (tertiary/aromatic N) is 1. The van der Waals surface area contributed by atoms with Crippen molar-refractivity contribution in [2.24, 2.45) is 0 Å². The Balaban J connectivity index is 1.86. The van der Waals surface area contributed by atoms with Crippen molar-refractivity contribution < 1.29 is 9.90 Å². The minimum absolute atomic E-state index is 0.191. The molecular formula is C12H18N2O2S. The normalized spacial score (nSPS) is 19.6. The average Bonchev–Trinajstić information content (AvgIpc) is 2.77. The molecule has 1 amide bonds. The fourth-order valence-corrected chi connectivity index (χ4v) is 2.76. The number of carbonyl (C=O) groups is 1. The molecular weight excluding hydrogens is 236 g/mol. The highest BCUT2D eigenvalue weighted by atomic mass is 32.1. The number of hydrogen-bond acceptors (Lipinski definition) is 4. The van der Waals surface area contributed by atoms with Gasteiger partial charge in [0.25, 0.3) is 5.91 Å². The van der Waals surface area contributed by atoms with E-state index >= 15 is 0 Å². The van der Waals surface area contributed by atoms with Gasteiger partial charge in [-0.1, -0.05) is 25.7 Å². The van der Waals surface area contributed by atoms with E-state index in [1.54, 1.807) is 10.9 Å². The molecule has 1 fully saturated rings. The summed E-state index contributed by atoms with van der Waals surface area (Å²) >= 11 is 1.40. The smallest absolute Gasteiger partial charge is 0.270 e. The Labute approximate surface area is 105 Å². The van der Waals surface area contributed by atoms with Crippen LogP contribution in [0.4, 0.5) is 0 Å². The van der Waals surface area contributed by atoms with Crippen molar-refractivity contribution in [1.29, 1.82) is 0 Å². The average molecular weight is 254 g/mol. The van der Waals surface area contributed by atoms with Crippen LogP contribution < -0.4 is 5.32 Å². The summed E-state index contributed by atoms with van der Waals surface area (Å²) in [6.07, 6.45) is 6.02. The molecule has 1 heterocycles. The molecule has 1 aliphatic rings. The second kappa shape index (κ2) is 5.60. The topological polar surface area (TPSA) is 62.2 Å². The number of nitrogens with one attached hydrogen (secondary N) is 1. The predicted octanol–water partition coefficient (Wildman–Crippen LogP) is 1.96. The van der Waals surface area contributed by atoms with E-state index in [2.05, 4.69) is 10.3 Å². The summed E-state index contributed by atoms with van der Waals surface area (Å²) in [6.45, 7) is 0.337. The van der Waals surface area contributed by atoms with Crippen molar-refractivity contribution >= 4 is 17.2 Å². The maximum Gasteiger partial charge on any atom is 0.270 e. The summed E-state index contributed by atoms with van der Waals surface area (Å²) in [4.78, 5) is 15.6. The summed E-state index contributed by atoms with van der Waals surface area (Å²) < 4.78 is 0. The Kier molecular flexibility index (Phi) is 4.12. The lowest BCUT2D eigenvalue weighted by molar-refractivity contribution is 0.0246. The van der Waals surface area contributed by atoms with E-state index in [9.17, 15) is 9.90 Å². The highest BCUT2D eigenvalue weighted by Crippen LogP contribution is 2.26. The van der Waals surface area contributed by atoms with E-state index in [1.807, 2.05) is 0 Å². The minimum Gasteiger partial charge on any atom is -0.388 e. The number of carbonyl (C=O) groups excluding carboxylic acids is 1. The molecule has 1 aromatic heterocycles.